The average Bonchev–Trinajstić information content (AvgIpc) is 1.84. The highest BCUT2D eigenvalue weighted by molar-refractivity contribution is 5.96. The first-order valence-electron chi connectivity index (χ1n) is 3.72. The summed E-state index contributed by atoms with van der Waals surface area (Å²) in [5.41, 5.74) is 0. The first-order chi connectivity index (χ1) is 5.56. The minimum Gasteiger partial charge on any atom is -0.352 e. The molecule has 0 aromatic carbocycles. The van der Waals surface area contributed by atoms with Crippen LogP contribution >= 0.6 is 0 Å². The molecule has 0 aromatic rings. The van der Waals surface area contributed by atoms with E-state index in [-0.39, 0.29) is 30.6 Å². The standard InChI is InChI=1S/C8H12N2O2/c1-6(3-4-9)10-8(12)5-7(2)11/h6H,3,5H2,1-2H3,(H,10,12). The highest BCUT2D eigenvalue weighted by atomic mass is 16.2. The summed E-state index contributed by atoms with van der Waals surface area (Å²) in [7, 11) is 0. The summed E-state index contributed by atoms with van der Waals surface area (Å²) in [5, 5.41) is 10.8. The van der Waals surface area contributed by atoms with Crippen molar-refractivity contribution in [3.05, 3.63) is 0 Å². The molecule has 66 valence electrons. The number of Topliss-reactive ketones (excluding diaryl/α,β-unsaturated/α-hetero) is 1. The highest BCUT2D eigenvalue weighted by Gasteiger charge is 2.08. The number of nitrogens with one attached hydrogen (secondary N) is 1. The normalized spacial score (nSPS) is 11.4. The van der Waals surface area contributed by atoms with E-state index in [0.29, 0.717) is 0 Å². The number of carbonyl (C=O) groups excluding carboxylic acids is 2. The molecule has 12 heavy (non-hydrogen) atoms. The first-order valence-corrected chi connectivity index (χ1v) is 3.72. The van der Waals surface area contributed by atoms with Crippen molar-refractivity contribution in [2.75, 3.05) is 0 Å². The third kappa shape index (κ3) is 5.42. The van der Waals surface area contributed by atoms with Crippen LogP contribution in [0.5, 0.6) is 0 Å². The van der Waals surface area contributed by atoms with E-state index in [2.05, 4.69) is 5.32 Å². The Kier molecular flexibility index (Phi) is 4.70. The van der Waals surface area contributed by atoms with Crippen LogP contribution in [0, 0.1) is 11.3 Å². The molecule has 0 heterocycles. The molecule has 4 heteroatoms. The lowest BCUT2D eigenvalue weighted by Gasteiger charge is -2.08. The zero-order chi connectivity index (χ0) is 9.56. The highest BCUT2D eigenvalue weighted by Crippen LogP contribution is 1.90. The van der Waals surface area contributed by atoms with E-state index in [0.717, 1.165) is 0 Å². The van der Waals surface area contributed by atoms with Crippen molar-refractivity contribution in [2.24, 2.45) is 0 Å². The topological polar surface area (TPSA) is 70.0 Å². The van der Waals surface area contributed by atoms with Gasteiger partial charge in [0.15, 0.2) is 0 Å². The van der Waals surface area contributed by atoms with Gasteiger partial charge in [-0.05, 0) is 13.8 Å². The minimum atomic E-state index is -0.315. The molecule has 0 spiro atoms. The second-order valence-electron chi connectivity index (χ2n) is 2.71. The number of hydrogen-bond donors (Lipinski definition) is 1. The van der Waals surface area contributed by atoms with Gasteiger partial charge in [-0.2, -0.15) is 5.26 Å². The van der Waals surface area contributed by atoms with E-state index in [1.165, 1.54) is 6.92 Å². The van der Waals surface area contributed by atoms with E-state index in [9.17, 15) is 9.59 Å². The van der Waals surface area contributed by atoms with Gasteiger partial charge in [0.05, 0.1) is 18.9 Å². The van der Waals surface area contributed by atoms with Crippen molar-refractivity contribution in [3.63, 3.8) is 0 Å². The molecule has 0 aliphatic heterocycles. The lowest BCUT2D eigenvalue weighted by molar-refractivity contribution is -0.127. The van der Waals surface area contributed by atoms with Gasteiger partial charge in [0.25, 0.3) is 0 Å². The minimum absolute atomic E-state index is 0.101. The smallest absolute Gasteiger partial charge is 0.227 e. The third-order valence-electron chi connectivity index (χ3n) is 1.21. The summed E-state index contributed by atoms with van der Waals surface area (Å²) in [4.78, 5) is 21.4. The van der Waals surface area contributed by atoms with Gasteiger partial charge in [-0.15, -0.1) is 0 Å². The Morgan fingerprint density at radius 2 is 2.17 bits per heavy atom. The summed E-state index contributed by atoms with van der Waals surface area (Å²) in [6.07, 6.45) is 0.166. The number of rotatable bonds is 4. The Morgan fingerprint density at radius 1 is 1.58 bits per heavy atom. The first kappa shape index (κ1) is 10.6. The van der Waals surface area contributed by atoms with Crippen LogP contribution in [0.1, 0.15) is 26.7 Å². The summed E-state index contributed by atoms with van der Waals surface area (Å²) in [5.74, 6) is -0.484. The molecule has 0 aromatic heterocycles. The number of hydrogen-bond acceptors (Lipinski definition) is 3. The molecule has 0 fully saturated rings. The molecule has 0 aliphatic rings. The van der Waals surface area contributed by atoms with E-state index in [4.69, 9.17) is 5.26 Å². The monoisotopic (exact) mass is 168 g/mol. The van der Waals surface area contributed by atoms with Gasteiger partial charge in [-0.1, -0.05) is 0 Å². The van der Waals surface area contributed by atoms with Crippen molar-refractivity contribution in [1.29, 1.82) is 5.26 Å². The van der Waals surface area contributed by atoms with Gasteiger partial charge in [0.1, 0.15) is 5.78 Å². The van der Waals surface area contributed by atoms with Crippen molar-refractivity contribution in [2.45, 2.75) is 32.7 Å². The summed E-state index contributed by atoms with van der Waals surface area (Å²) < 4.78 is 0. The van der Waals surface area contributed by atoms with Crippen molar-refractivity contribution < 1.29 is 9.59 Å². The van der Waals surface area contributed by atoms with Crippen molar-refractivity contribution in [1.82, 2.24) is 5.32 Å². The zero-order valence-electron chi connectivity index (χ0n) is 7.26. The van der Waals surface area contributed by atoms with Gasteiger partial charge in [-0.3, -0.25) is 9.59 Å². The number of amides is 1. The maximum atomic E-state index is 10.9. The molecule has 0 saturated heterocycles. The van der Waals surface area contributed by atoms with Crippen LogP contribution in [-0.4, -0.2) is 17.7 Å². The molecule has 0 aliphatic carbocycles. The fraction of sp³-hybridized carbons (Fsp3) is 0.625. The number of nitriles is 1. The maximum Gasteiger partial charge on any atom is 0.227 e. The molecule has 1 atom stereocenters. The second-order valence-corrected chi connectivity index (χ2v) is 2.71. The molecule has 0 radical (unpaired) electrons. The second kappa shape index (κ2) is 5.30. The molecule has 1 N–H and O–H groups in total. The van der Waals surface area contributed by atoms with Crippen LogP contribution in [0.4, 0.5) is 0 Å². The van der Waals surface area contributed by atoms with Gasteiger partial charge in [-0.25, -0.2) is 0 Å². The Labute approximate surface area is 71.6 Å². The summed E-state index contributed by atoms with van der Waals surface area (Å²) in [6.45, 7) is 3.08. The predicted molar refractivity (Wildman–Crippen MR) is 43.1 cm³/mol. The predicted octanol–water partition coefficient (Wildman–Crippen LogP) is 0.384. The largest absolute Gasteiger partial charge is 0.352 e. The molecule has 0 saturated carbocycles. The fourth-order valence-corrected chi connectivity index (χ4v) is 0.740. The van der Waals surface area contributed by atoms with E-state index >= 15 is 0 Å². The number of carbonyl (C=O) groups is 2. The molecular weight excluding hydrogens is 156 g/mol. The maximum absolute atomic E-state index is 10.9. The molecule has 1 unspecified atom stereocenters. The Hall–Kier alpha value is -1.37. The zero-order valence-corrected chi connectivity index (χ0v) is 7.26. The van der Waals surface area contributed by atoms with E-state index in [1.807, 2.05) is 6.07 Å². The molecular formula is C8H12N2O2. The van der Waals surface area contributed by atoms with Crippen molar-refractivity contribution >= 4 is 11.7 Å². The molecule has 1 amide bonds. The summed E-state index contributed by atoms with van der Waals surface area (Å²) >= 11 is 0. The van der Waals surface area contributed by atoms with Crippen LogP contribution in [0.3, 0.4) is 0 Å². The number of nitrogens with zero attached hydrogens (tertiary/aromatic N) is 1. The van der Waals surface area contributed by atoms with E-state index in [1.54, 1.807) is 6.92 Å². The molecule has 0 rings (SSSR count). The van der Waals surface area contributed by atoms with Crippen molar-refractivity contribution in [3.8, 4) is 6.07 Å². The van der Waals surface area contributed by atoms with Gasteiger partial charge < -0.3 is 5.32 Å². The van der Waals surface area contributed by atoms with Crippen LogP contribution in [0.25, 0.3) is 0 Å². The average molecular weight is 168 g/mol. The van der Waals surface area contributed by atoms with Gasteiger partial charge in [0.2, 0.25) is 5.91 Å². The van der Waals surface area contributed by atoms with Gasteiger partial charge >= 0.3 is 0 Å². The molecule has 4 nitrogen and oxygen atoms in total. The Morgan fingerprint density at radius 3 is 2.58 bits per heavy atom. The van der Waals surface area contributed by atoms with Crippen LogP contribution < -0.4 is 5.32 Å². The lowest BCUT2D eigenvalue weighted by atomic mass is 10.2. The lowest BCUT2D eigenvalue weighted by Crippen LogP contribution is -2.33. The SMILES string of the molecule is CC(=O)CC(=O)NC(C)CC#N. The van der Waals surface area contributed by atoms with Crippen LogP contribution in [-0.2, 0) is 9.59 Å². The molecule has 0 bridgehead atoms. The Bertz CT molecular complexity index is 218. The van der Waals surface area contributed by atoms with Gasteiger partial charge in [0, 0.05) is 6.04 Å². The summed E-state index contributed by atoms with van der Waals surface area (Å²) in [6, 6.07) is 1.75. The van der Waals surface area contributed by atoms with Crippen LogP contribution in [0.2, 0.25) is 0 Å². The van der Waals surface area contributed by atoms with E-state index < -0.39 is 0 Å². The number of ketones is 1. The Balaban J connectivity index is 3.70. The quantitative estimate of drug-likeness (QED) is 0.617. The fourth-order valence-electron chi connectivity index (χ4n) is 0.740. The van der Waals surface area contributed by atoms with Crippen LogP contribution in [0.15, 0.2) is 0 Å². The third-order valence-corrected chi connectivity index (χ3v) is 1.21.